The highest BCUT2D eigenvalue weighted by atomic mass is 19.1. The highest BCUT2D eigenvalue weighted by Crippen LogP contribution is 2.44. The van der Waals surface area contributed by atoms with E-state index in [0.717, 1.165) is 11.6 Å². The number of carbonyl (C=O) groups is 2. The van der Waals surface area contributed by atoms with Crippen LogP contribution < -0.4 is 4.90 Å². The minimum absolute atomic E-state index is 0.136. The number of hydrogen-bond donors (Lipinski definition) is 1. The number of rotatable bonds is 6. The predicted molar refractivity (Wildman–Crippen MR) is 116 cm³/mol. The van der Waals surface area contributed by atoms with Crippen LogP contribution in [0.25, 0.3) is 0 Å². The molecule has 158 valence electrons. The molecule has 1 atom stereocenters. The second-order valence-electron chi connectivity index (χ2n) is 7.52. The quantitative estimate of drug-likeness (QED) is 0.667. The summed E-state index contributed by atoms with van der Waals surface area (Å²) in [5, 5.41) is 11.4. The van der Waals surface area contributed by atoms with E-state index in [1.54, 1.807) is 29.2 Å². The van der Waals surface area contributed by atoms with Gasteiger partial charge < -0.3 is 10.0 Å². The highest BCUT2D eigenvalue weighted by Gasteiger charge is 2.51. The van der Waals surface area contributed by atoms with Crippen molar-refractivity contribution in [2.75, 3.05) is 18.0 Å². The van der Waals surface area contributed by atoms with E-state index in [1.807, 2.05) is 37.3 Å². The molecule has 0 aliphatic carbocycles. The minimum atomic E-state index is -2.05. The monoisotopic (exact) mass is 418 g/mol. The van der Waals surface area contributed by atoms with Gasteiger partial charge >= 0.3 is 0 Å². The average molecular weight is 418 g/mol. The molecule has 5 nitrogen and oxygen atoms in total. The van der Waals surface area contributed by atoms with Crippen LogP contribution in [0.4, 0.5) is 10.1 Å². The fourth-order valence-corrected chi connectivity index (χ4v) is 4.00. The maximum absolute atomic E-state index is 13.9. The Kier molecular flexibility index (Phi) is 5.57. The van der Waals surface area contributed by atoms with Crippen LogP contribution in [0.5, 0.6) is 0 Å². The summed E-state index contributed by atoms with van der Waals surface area (Å²) in [5.41, 5.74) is -0.137. The van der Waals surface area contributed by atoms with E-state index >= 15 is 0 Å². The van der Waals surface area contributed by atoms with Gasteiger partial charge in [-0.1, -0.05) is 60.7 Å². The summed E-state index contributed by atoms with van der Waals surface area (Å²) in [5.74, 6) is -1.45. The normalized spacial score (nSPS) is 17.5. The molecule has 0 fully saturated rings. The van der Waals surface area contributed by atoms with E-state index in [2.05, 4.69) is 0 Å². The summed E-state index contributed by atoms with van der Waals surface area (Å²) >= 11 is 0. The SMILES string of the molecule is CCN(Cc1ccccc1)C(=O)CN1C(=O)[C@@](O)(c2cccc(F)c2)c2ccccc21. The standard InChI is InChI=1S/C25H23FN2O3/c1-2-27(16-18-9-4-3-5-10-18)23(29)17-28-22-14-7-6-13-21(22)25(31,24(28)30)19-11-8-12-20(26)15-19/h3-15,31H,2,16-17H2,1H3/t25-/m1/s1. The van der Waals surface area contributed by atoms with Crippen molar-refractivity contribution in [3.63, 3.8) is 0 Å². The molecule has 1 heterocycles. The molecule has 6 heteroatoms. The third kappa shape index (κ3) is 3.70. The van der Waals surface area contributed by atoms with E-state index in [-0.39, 0.29) is 18.0 Å². The fourth-order valence-electron chi connectivity index (χ4n) is 4.00. The molecule has 0 unspecified atom stereocenters. The minimum Gasteiger partial charge on any atom is -0.372 e. The van der Waals surface area contributed by atoms with E-state index in [9.17, 15) is 19.1 Å². The fraction of sp³-hybridized carbons (Fsp3) is 0.200. The number of halogens is 1. The Bertz CT molecular complexity index is 1120. The summed E-state index contributed by atoms with van der Waals surface area (Å²) in [6, 6.07) is 21.7. The molecule has 4 rings (SSSR count). The number of anilines is 1. The first-order valence-electron chi connectivity index (χ1n) is 10.2. The van der Waals surface area contributed by atoms with Crippen LogP contribution in [0, 0.1) is 5.82 Å². The Hall–Kier alpha value is -3.51. The van der Waals surface area contributed by atoms with E-state index in [0.29, 0.717) is 24.3 Å². The van der Waals surface area contributed by atoms with Gasteiger partial charge in [-0.25, -0.2) is 4.39 Å². The molecule has 2 amide bonds. The van der Waals surface area contributed by atoms with Crippen molar-refractivity contribution >= 4 is 17.5 Å². The molecule has 0 spiro atoms. The maximum atomic E-state index is 13.9. The third-order valence-corrected chi connectivity index (χ3v) is 5.63. The van der Waals surface area contributed by atoms with Crippen LogP contribution in [0.3, 0.4) is 0 Å². The van der Waals surface area contributed by atoms with Gasteiger partial charge in [0, 0.05) is 24.2 Å². The molecule has 0 bridgehead atoms. The zero-order chi connectivity index (χ0) is 22.0. The van der Waals surface area contributed by atoms with Crippen molar-refractivity contribution < 1.29 is 19.1 Å². The van der Waals surface area contributed by atoms with Crippen LogP contribution in [0.1, 0.15) is 23.6 Å². The number of nitrogens with zero attached hydrogens (tertiary/aromatic N) is 2. The van der Waals surface area contributed by atoms with Gasteiger partial charge in [0.2, 0.25) is 5.91 Å². The number of aliphatic hydroxyl groups is 1. The van der Waals surface area contributed by atoms with Gasteiger partial charge in [-0.05, 0) is 30.7 Å². The van der Waals surface area contributed by atoms with Crippen LogP contribution in [-0.2, 0) is 21.7 Å². The lowest BCUT2D eigenvalue weighted by Gasteiger charge is -2.26. The molecular weight excluding hydrogens is 395 g/mol. The number of para-hydroxylation sites is 1. The first-order chi connectivity index (χ1) is 14.9. The van der Waals surface area contributed by atoms with Crippen LogP contribution >= 0.6 is 0 Å². The molecular formula is C25H23FN2O3. The van der Waals surface area contributed by atoms with E-state index in [4.69, 9.17) is 0 Å². The van der Waals surface area contributed by atoms with Crippen molar-refractivity contribution in [2.45, 2.75) is 19.1 Å². The zero-order valence-corrected chi connectivity index (χ0v) is 17.2. The molecule has 3 aromatic rings. The molecule has 1 N–H and O–H groups in total. The number of carbonyl (C=O) groups excluding carboxylic acids is 2. The zero-order valence-electron chi connectivity index (χ0n) is 17.2. The maximum Gasteiger partial charge on any atom is 0.268 e. The molecule has 0 aromatic heterocycles. The number of hydrogen-bond acceptors (Lipinski definition) is 3. The lowest BCUT2D eigenvalue weighted by atomic mass is 9.87. The van der Waals surface area contributed by atoms with Gasteiger partial charge in [-0.15, -0.1) is 0 Å². The number of benzene rings is 3. The molecule has 3 aromatic carbocycles. The Morgan fingerprint density at radius 3 is 2.45 bits per heavy atom. The summed E-state index contributed by atoms with van der Waals surface area (Å²) < 4.78 is 13.9. The average Bonchev–Trinajstić information content (AvgIpc) is 3.01. The van der Waals surface area contributed by atoms with E-state index < -0.39 is 17.3 Å². The second kappa shape index (κ2) is 8.32. The lowest BCUT2D eigenvalue weighted by molar-refractivity contribution is -0.136. The predicted octanol–water partition coefficient (Wildman–Crippen LogP) is 3.46. The Morgan fingerprint density at radius 1 is 1.03 bits per heavy atom. The molecule has 1 aliphatic heterocycles. The third-order valence-electron chi connectivity index (χ3n) is 5.63. The van der Waals surface area contributed by atoms with Crippen molar-refractivity contribution in [3.8, 4) is 0 Å². The molecule has 1 aliphatic rings. The summed E-state index contributed by atoms with van der Waals surface area (Å²) in [6.45, 7) is 2.57. The smallest absolute Gasteiger partial charge is 0.268 e. The first-order valence-corrected chi connectivity index (χ1v) is 10.2. The van der Waals surface area contributed by atoms with Crippen LogP contribution in [0.2, 0.25) is 0 Å². The summed E-state index contributed by atoms with van der Waals surface area (Å²) in [4.78, 5) is 29.4. The molecule has 0 radical (unpaired) electrons. The number of fused-ring (bicyclic) bond motifs is 1. The molecule has 31 heavy (non-hydrogen) atoms. The van der Waals surface area contributed by atoms with Gasteiger partial charge in [0.05, 0.1) is 5.69 Å². The van der Waals surface area contributed by atoms with Gasteiger partial charge in [0.1, 0.15) is 12.4 Å². The van der Waals surface area contributed by atoms with Crippen LogP contribution in [-0.4, -0.2) is 34.9 Å². The van der Waals surface area contributed by atoms with Crippen molar-refractivity contribution in [1.29, 1.82) is 0 Å². The van der Waals surface area contributed by atoms with Gasteiger partial charge in [-0.2, -0.15) is 0 Å². The number of amides is 2. The van der Waals surface area contributed by atoms with Gasteiger partial charge in [-0.3, -0.25) is 14.5 Å². The van der Waals surface area contributed by atoms with Crippen LogP contribution in [0.15, 0.2) is 78.9 Å². The summed E-state index contributed by atoms with van der Waals surface area (Å²) in [7, 11) is 0. The Balaban J connectivity index is 1.65. The van der Waals surface area contributed by atoms with Gasteiger partial charge in [0.15, 0.2) is 5.60 Å². The molecule has 0 saturated carbocycles. The molecule has 0 saturated heterocycles. The van der Waals surface area contributed by atoms with Crippen molar-refractivity contribution in [1.82, 2.24) is 4.90 Å². The van der Waals surface area contributed by atoms with Crippen molar-refractivity contribution in [2.24, 2.45) is 0 Å². The van der Waals surface area contributed by atoms with Crippen molar-refractivity contribution in [3.05, 3.63) is 101 Å². The Morgan fingerprint density at radius 2 is 1.74 bits per heavy atom. The second-order valence-corrected chi connectivity index (χ2v) is 7.52. The van der Waals surface area contributed by atoms with E-state index in [1.165, 1.54) is 23.1 Å². The Labute approximate surface area is 180 Å². The topological polar surface area (TPSA) is 60.9 Å². The largest absolute Gasteiger partial charge is 0.372 e. The number of likely N-dealkylation sites (N-methyl/N-ethyl adjacent to an activating group) is 1. The lowest BCUT2D eigenvalue weighted by Crippen LogP contribution is -2.46. The first kappa shape index (κ1) is 20.8. The summed E-state index contributed by atoms with van der Waals surface area (Å²) in [6.07, 6.45) is 0. The highest BCUT2D eigenvalue weighted by molar-refractivity contribution is 6.11. The van der Waals surface area contributed by atoms with Gasteiger partial charge in [0.25, 0.3) is 5.91 Å².